The van der Waals surface area contributed by atoms with Crippen molar-refractivity contribution >= 4 is 28.9 Å². The van der Waals surface area contributed by atoms with Gasteiger partial charge in [-0.05, 0) is 66.1 Å². The second-order valence-electron chi connectivity index (χ2n) is 7.84. The number of carbonyl (C=O) groups excluding carboxylic acids is 1. The fraction of sp³-hybridized carbons (Fsp3) is 0.304. The van der Waals surface area contributed by atoms with Crippen molar-refractivity contribution in [2.45, 2.75) is 31.8 Å². The molecule has 11 heteroatoms. The monoisotopic (exact) mass is 496 g/mol. The van der Waals surface area contributed by atoms with E-state index in [-0.39, 0.29) is 11.3 Å². The van der Waals surface area contributed by atoms with Crippen LogP contribution in [0.15, 0.2) is 46.3 Å². The van der Waals surface area contributed by atoms with Crippen LogP contribution in [0.1, 0.15) is 29.5 Å². The molecule has 2 heterocycles. The molecule has 0 radical (unpaired) electrons. The number of likely N-dealkylation sites (tertiary alicyclic amines) is 1. The van der Waals surface area contributed by atoms with Gasteiger partial charge in [0.15, 0.2) is 16.7 Å². The van der Waals surface area contributed by atoms with E-state index in [0.29, 0.717) is 41.2 Å². The molecule has 0 aromatic heterocycles. The van der Waals surface area contributed by atoms with E-state index in [1.165, 1.54) is 30.3 Å². The first-order chi connectivity index (χ1) is 16.1. The maximum absolute atomic E-state index is 13.3. The molecule has 1 unspecified atom stereocenters. The van der Waals surface area contributed by atoms with Gasteiger partial charge in [0.2, 0.25) is 0 Å². The minimum absolute atomic E-state index is 0.148. The molecule has 0 aliphatic carbocycles. The van der Waals surface area contributed by atoms with Crippen LogP contribution < -0.4 is 4.74 Å². The number of alkyl halides is 4. The van der Waals surface area contributed by atoms with Crippen LogP contribution in [0.4, 0.5) is 17.6 Å². The van der Waals surface area contributed by atoms with E-state index >= 15 is 0 Å². The van der Waals surface area contributed by atoms with Crippen LogP contribution in [-0.4, -0.2) is 45.4 Å². The number of hydrogen-bond donors (Lipinski definition) is 2. The van der Waals surface area contributed by atoms with Crippen molar-refractivity contribution in [3.05, 3.63) is 58.0 Å². The summed E-state index contributed by atoms with van der Waals surface area (Å²) in [5.74, 6) is -1.70. The van der Waals surface area contributed by atoms with Crippen LogP contribution in [0, 0.1) is 0 Å². The lowest BCUT2D eigenvalue weighted by Gasteiger charge is -2.30. The van der Waals surface area contributed by atoms with Crippen molar-refractivity contribution in [1.82, 2.24) is 4.90 Å². The first-order valence-corrected chi connectivity index (χ1v) is 11.2. The molecule has 2 N–H and O–H groups in total. The smallest absolute Gasteiger partial charge is 0.419 e. The zero-order chi connectivity index (χ0) is 24.5. The molecule has 2 aliphatic heterocycles. The van der Waals surface area contributed by atoms with Crippen molar-refractivity contribution in [2.24, 2.45) is 4.99 Å². The molecule has 2 aromatic carbocycles. The van der Waals surface area contributed by atoms with Gasteiger partial charge in [0, 0.05) is 13.1 Å². The fourth-order valence-electron chi connectivity index (χ4n) is 3.61. The van der Waals surface area contributed by atoms with Gasteiger partial charge in [0.05, 0.1) is 16.6 Å². The van der Waals surface area contributed by atoms with Crippen LogP contribution in [-0.2, 0) is 17.6 Å². The van der Waals surface area contributed by atoms with Gasteiger partial charge in [0.1, 0.15) is 12.4 Å². The number of ether oxygens (including phenoxy) is 1. The molecule has 1 atom stereocenters. The number of thioether (sulfide) groups is 1. The van der Waals surface area contributed by atoms with Gasteiger partial charge in [-0.1, -0.05) is 12.1 Å². The SMILES string of the molecule is O=C1N=C(N2CCCC(O)C2)S/C1=C\c1ccc(Oc2ccc(CF)cc2C(F)(F)F)c(O)c1. The number of piperidine rings is 1. The van der Waals surface area contributed by atoms with Crippen molar-refractivity contribution in [1.29, 1.82) is 0 Å². The molecule has 180 valence electrons. The lowest BCUT2D eigenvalue weighted by atomic mass is 10.1. The van der Waals surface area contributed by atoms with Gasteiger partial charge in [-0.3, -0.25) is 4.79 Å². The Bertz CT molecular complexity index is 1170. The number of amidine groups is 1. The van der Waals surface area contributed by atoms with E-state index in [2.05, 4.69) is 4.99 Å². The Labute approximate surface area is 196 Å². The molecule has 0 spiro atoms. The number of aromatic hydroxyl groups is 1. The maximum atomic E-state index is 13.3. The number of aliphatic hydroxyl groups excluding tert-OH is 1. The van der Waals surface area contributed by atoms with Crippen LogP contribution >= 0.6 is 11.8 Å². The molecule has 34 heavy (non-hydrogen) atoms. The summed E-state index contributed by atoms with van der Waals surface area (Å²) in [5.41, 5.74) is -0.890. The number of halogens is 4. The normalized spacial score (nSPS) is 20.1. The minimum Gasteiger partial charge on any atom is -0.504 e. The predicted molar refractivity (Wildman–Crippen MR) is 119 cm³/mol. The average Bonchev–Trinajstić information content (AvgIpc) is 3.15. The Morgan fingerprint density at radius 2 is 1.97 bits per heavy atom. The molecule has 1 saturated heterocycles. The number of aliphatic hydroxyl groups is 1. The highest BCUT2D eigenvalue weighted by molar-refractivity contribution is 8.18. The molecule has 1 fully saturated rings. The van der Waals surface area contributed by atoms with Gasteiger partial charge in [-0.2, -0.15) is 18.2 Å². The van der Waals surface area contributed by atoms with Crippen molar-refractivity contribution in [3.63, 3.8) is 0 Å². The molecular weight excluding hydrogens is 476 g/mol. The number of nitrogens with zero attached hydrogens (tertiary/aromatic N) is 2. The number of amides is 1. The van der Waals surface area contributed by atoms with E-state index in [4.69, 9.17) is 4.74 Å². The van der Waals surface area contributed by atoms with Gasteiger partial charge in [0.25, 0.3) is 5.91 Å². The highest BCUT2D eigenvalue weighted by Crippen LogP contribution is 2.41. The van der Waals surface area contributed by atoms with Gasteiger partial charge in [-0.25, -0.2) is 4.39 Å². The Morgan fingerprint density at radius 3 is 2.65 bits per heavy atom. The van der Waals surface area contributed by atoms with E-state index < -0.39 is 41.9 Å². The average molecular weight is 496 g/mol. The topological polar surface area (TPSA) is 82.4 Å². The van der Waals surface area contributed by atoms with Gasteiger partial charge in [-0.15, -0.1) is 0 Å². The summed E-state index contributed by atoms with van der Waals surface area (Å²) >= 11 is 1.15. The Balaban J connectivity index is 1.51. The standard InChI is InChI=1S/C23H20F4N2O4S/c24-11-14-4-5-18(16(8-14)23(25,26)27)33-19-6-3-13(9-17(19)31)10-20-21(32)28-22(34-20)29-7-1-2-15(30)12-29/h3-6,8-10,15,30-31H,1-2,7,11-12H2/b20-10-. The van der Waals surface area contributed by atoms with E-state index in [1.807, 2.05) is 4.90 Å². The van der Waals surface area contributed by atoms with Crippen LogP contribution in [0.3, 0.4) is 0 Å². The molecule has 1 amide bonds. The Morgan fingerprint density at radius 1 is 1.21 bits per heavy atom. The highest BCUT2D eigenvalue weighted by atomic mass is 32.2. The molecule has 4 rings (SSSR count). The zero-order valence-electron chi connectivity index (χ0n) is 17.7. The lowest BCUT2D eigenvalue weighted by molar-refractivity contribution is -0.138. The Kier molecular flexibility index (Phi) is 6.85. The van der Waals surface area contributed by atoms with E-state index in [1.54, 1.807) is 0 Å². The van der Waals surface area contributed by atoms with Crippen LogP contribution in [0.5, 0.6) is 17.2 Å². The third-order valence-electron chi connectivity index (χ3n) is 5.28. The van der Waals surface area contributed by atoms with Crippen molar-refractivity contribution in [2.75, 3.05) is 13.1 Å². The van der Waals surface area contributed by atoms with E-state index in [9.17, 15) is 32.6 Å². The number of hydrogen-bond acceptors (Lipinski definition) is 6. The number of benzene rings is 2. The Hall–Kier alpha value is -3.05. The largest absolute Gasteiger partial charge is 0.504 e. The molecule has 6 nitrogen and oxygen atoms in total. The number of rotatable bonds is 4. The summed E-state index contributed by atoms with van der Waals surface area (Å²) in [5, 5.41) is 20.6. The first-order valence-electron chi connectivity index (χ1n) is 10.4. The zero-order valence-corrected chi connectivity index (χ0v) is 18.5. The molecule has 2 aromatic rings. The third-order valence-corrected chi connectivity index (χ3v) is 6.33. The van der Waals surface area contributed by atoms with Crippen LogP contribution in [0.25, 0.3) is 6.08 Å². The van der Waals surface area contributed by atoms with Crippen molar-refractivity contribution in [3.8, 4) is 17.2 Å². The second-order valence-corrected chi connectivity index (χ2v) is 8.85. The first kappa shape index (κ1) is 24.1. The summed E-state index contributed by atoms with van der Waals surface area (Å²) in [4.78, 5) is 18.5. The maximum Gasteiger partial charge on any atom is 0.419 e. The van der Waals surface area contributed by atoms with E-state index in [0.717, 1.165) is 24.2 Å². The summed E-state index contributed by atoms with van der Waals surface area (Å²) in [7, 11) is 0. The molecular formula is C23H20F4N2O4S. The lowest BCUT2D eigenvalue weighted by Crippen LogP contribution is -2.40. The number of phenols is 1. The second kappa shape index (κ2) is 9.67. The molecule has 0 saturated carbocycles. The van der Waals surface area contributed by atoms with Crippen LogP contribution in [0.2, 0.25) is 0 Å². The quantitative estimate of drug-likeness (QED) is 0.453. The number of carbonyl (C=O) groups is 1. The summed E-state index contributed by atoms with van der Waals surface area (Å²) < 4.78 is 58.1. The van der Waals surface area contributed by atoms with Crippen molar-refractivity contribution < 1.29 is 37.3 Å². The third kappa shape index (κ3) is 5.36. The number of β-amino-alcohol motifs (C(OH)–C–C–N with tert-alkyl or cyclic N) is 1. The molecule has 0 bridgehead atoms. The predicted octanol–water partition coefficient (Wildman–Crippen LogP) is 5.10. The molecule has 2 aliphatic rings. The van der Waals surface area contributed by atoms with Gasteiger partial charge >= 0.3 is 6.18 Å². The number of phenolic OH excluding ortho intramolecular Hbond substituents is 1. The van der Waals surface area contributed by atoms with Gasteiger partial charge < -0.3 is 19.8 Å². The summed E-state index contributed by atoms with van der Waals surface area (Å²) in [6.45, 7) is 0.0203. The fourth-order valence-corrected chi connectivity index (χ4v) is 4.56. The summed E-state index contributed by atoms with van der Waals surface area (Å²) in [6.07, 6.45) is -2.26. The highest BCUT2D eigenvalue weighted by Gasteiger charge is 2.35. The minimum atomic E-state index is -4.78. The number of aliphatic imine (C=N–C) groups is 1. The summed E-state index contributed by atoms with van der Waals surface area (Å²) in [6, 6.07) is 6.83.